The van der Waals surface area contributed by atoms with E-state index in [1.165, 1.54) is 29.8 Å². The van der Waals surface area contributed by atoms with E-state index in [9.17, 15) is 13.2 Å². The number of carbonyl (C=O) groups excluding carboxylic acids is 1. The summed E-state index contributed by atoms with van der Waals surface area (Å²) in [4.78, 5) is 11.1. The smallest absolute Gasteiger partial charge is 0.261 e. The number of sulfonamides is 1. The quantitative estimate of drug-likeness (QED) is 0.852. The van der Waals surface area contributed by atoms with Gasteiger partial charge in [-0.3, -0.25) is 9.52 Å². The second kappa shape index (κ2) is 6.83. The first-order valence-corrected chi connectivity index (χ1v) is 8.84. The summed E-state index contributed by atoms with van der Waals surface area (Å²) in [6.45, 7) is 4.23. The van der Waals surface area contributed by atoms with Crippen LogP contribution in [0.3, 0.4) is 0 Å². The van der Waals surface area contributed by atoms with Crippen LogP contribution in [0.2, 0.25) is 0 Å². The van der Waals surface area contributed by atoms with Crippen molar-refractivity contribution < 1.29 is 13.2 Å². The van der Waals surface area contributed by atoms with Crippen molar-refractivity contribution in [1.29, 1.82) is 0 Å². The molecule has 0 fully saturated rings. The van der Waals surface area contributed by atoms with Crippen molar-refractivity contribution in [2.45, 2.75) is 31.1 Å². The van der Waals surface area contributed by atoms with Gasteiger partial charge in [0.15, 0.2) is 0 Å². The first-order valence-electron chi connectivity index (χ1n) is 7.36. The van der Waals surface area contributed by atoms with Gasteiger partial charge in [-0.1, -0.05) is 26.0 Å². The summed E-state index contributed by atoms with van der Waals surface area (Å²) in [5, 5.41) is 0. The van der Waals surface area contributed by atoms with E-state index in [-0.39, 0.29) is 10.5 Å². The largest absolute Gasteiger partial charge is 0.366 e. The predicted molar refractivity (Wildman–Crippen MR) is 90.9 cm³/mol. The SMILES string of the molecule is CC[C@@H](C)c1ccc(NS(=O)(=O)c2ccc(C(N)=O)cc2)cc1. The van der Waals surface area contributed by atoms with Gasteiger partial charge in [-0.25, -0.2) is 8.42 Å². The summed E-state index contributed by atoms with van der Waals surface area (Å²) in [6, 6.07) is 12.8. The highest BCUT2D eigenvalue weighted by Gasteiger charge is 2.15. The molecule has 0 radical (unpaired) electrons. The molecule has 0 heterocycles. The Morgan fingerprint density at radius 2 is 1.65 bits per heavy atom. The number of benzene rings is 2. The van der Waals surface area contributed by atoms with Gasteiger partial charge in [-0.15, -0.1) is 0 Å². The molecule has 0 saturated heterocycles. The number of hydrogen-bond donors (Lipinski definition) is 2. The summed E-state index contributed by atoms with van der Waals surface area (Å²) in [5.41, 5.74) is 7.07. The molecule has 5 nitrogen and oxygen atoms in total. The standard InChI is InChI=1S/C17H20N2O3S/c1-3-12(2)13-4-8-15(9-5-13)19-23(21,22)16-10-6-14(7-11-16)17(18)20/h4-12,19H,3H2,1-2H3,(H2,18,20)/t12-/m1/s1. The zero-order chi connectivity index (χ0) is 17.0. The van der Waals surface area contributed by atoms with Crippen LogP contribution in [0.1, 0.15) is 42.1 Å². The summed E-state index contributed by atoms with van der Waals surface area (Å²) < 4.78 is 27.2. The lowest BCUT2D eigenvalue weighted by molar-refractivity contribution is 0.1000. The van der Waals surface area contributed by atoms with Crippen LogP contribution in [0.4, 0.5) is 5.69 Å². The lowest BCUT2D eigenvalue weighted by Gasteiger charge is -2.11. The molecule has 1 atom stereocenters. The normalized spacial score (nSPS) is 12.6. The van der Waals surface area contributed by atoms with Gasteiger partial charge in [-0.05, 0) is 54.3 Å². The van der Waals surface area contributed by atoms with Crippen molar-refractivity contribution in [3.63, 3.8) is 0 Å². The van der Waals surface area contributed by atoms with Crippen molar-refractivity contribution in [3.05, 3.63) is 59.7 Å². The molecule has 0 bridgehead atoms. The highest BCUT2D eigenvalue weighted by Crippen LogP contribution is 2.22. The van der Waals surface area contributed by atoms with Crippen LogP contribution in [0.15, 0.2) is 53.4 Å². The Kier molecular flexibility index (Phi) is 5.05. The third-order valence-corrected chi connectivity index (χ3v) is 5.19. The molecule has 3 N–H and O–H groups in total. The highest BCUT2D eigenvalue weighted by molar-refractivity contribution is 7.92. The summed E-state index contributed by atoms with van der Waals surface area (Å²) in [6.07, 6.45) is 1.03. The van der Waals surface area contributed by atoms with Crippen LogP contribution in [-0.2, 0) is 10.0 Å². The van der Waals surface area contributed by atoms with Crippen molar-refractivity contribution in [3.8, 4) is 0 Å². The molecule has 2 rings (SSSR count). The van der Waals surface area contributed by atoms with Gasteiger partial charge in [0.25, 0.3) is 10.0 Å². The van der Waals surface area contributed by atoms with E-state index in [1.807, 2.05) is 12.1 Å². The molecule has 0 unspecified atom stereocenters. The van der Waals surface area contributed by atoms with Gasteiger partial charge in [0.1, 0.15) is 0 Å². The average molecular weight is 332 g/mol. The average Bonchev–Trinajstić information content (AvgIpc) is 2.54. The molecule has 6 heteroatoms. The van der Waals surface area contributed by atoms with Gasteiger partial charge >= 0.3 is 0 Å². The molecule has 23 heavy (non-hydrogen) atoms. The molecule has 2 aromatic carbocycles. The molecule has 122 valence electrons. The fourth-order valence-corrected chi connectivity index (χ4v) is 3.19. The maximum atomic E-state index is 12.3. The summed E-state index contributed by atoms with van der Waals surface area (Å²) >= 11 is 0. The Morgan fingerprint density at radius 1 is 1.09 bits per heavy atom. The Balaban J connectivity index is 2.19. The van der Waals surface area contributed by atoms with Crippen LogP contribution in [0.5, 0.6) is 0 Å². The number of hydrogen-bond acceptors (Lipinski definition) is 3. The first kappa shape index (κ1) is 17.0. The number of nitrogens with two attached hydrogens (primary N) is 1. The van der Waals surface area contributed by atoms with Crippen molar-refractivity contribution in [2.24, 2.45) is 5.73 Å². The van der Waals surface area contributed by atoms with E-state index in [2.05, 4.69) is 18.6 Å². The molecule has 0 aliphatic rings. The number of nitrogens with one attached hydrogen (secondary N) is 1. The zero-order valence-electron chi connectivity index (χ0n) is 13.1. The molecule has 0 saturated carbocycles. The monoisotopic (exact) mass is 332 g/mol. The number of carbonyl (C=O) groups is 1. The van der Waals surface area contributed by atoms with E-state index < -0.39 is 15.9 Å². The second-order valence-electron chi connectivity index (χ2n) is 5.43. The minimum atomic E-state index is -3.70. The number of rotatable bonds is 6. The summed E-state index contributed by atoms with van der Waals surface area (Å²) in [7, 11) is -3.70. The maximum absolute atomic E-state index is 12.3. The van der Waals surface area contributed by atoms with Gasteiger partial charge < -0.3 is 5.73 Å². The lowest BCUT2D eigenvalue weighted by Crippen LogP contribution is -2.14. The topological polar surface area (TPSA) is 89.3 Å². The number of anilines is 1. The second-order valence-corrected chi connectivity index (χ2v) is 7.11. The summed E-state index contributed by atoms with van der Waals surface area (Å²) in [5.74, 6) is -0.162. The maximum Gasteiger partial charge on any atom is 0.261 e. The van der Waals surface area contributed by atoms with Gasteiger partial charge in [-0.2, -0.15) is 0 Å². The van der Waals surface area contributed by atoms with E-state index in [1.54, 1.807) is 12.1 Å². The van der Waals surface area contributed by atoms with E-state index in [4.69, 9.17) is 5.73 Å². The van der Waals surface area contributed by atoms with E-state index >= 15 is 0 Å². The Labute approximate surface area is 136 Å². The molecule has 2 aromatic rings. The molecule has 0 aliphatic carbocycles. The fraction of sp³-hybridized carbons (Fsp3) is 0.235. The van der Waals surface area contributed by atoms with Gasteiger partial charge in [0, 0.05) is 11.3 Å². The molecule has 0 spiro atoms. The van der Waals surface area contributed by atoms with Crippen LogP contribution < -0.4 is 10.5 Å². The Hall–Kier alpha value is -2.34. The van der Waals surface area contributed by atoms with Crippen molar-refractivity contribution in [2.75, 3.05) is 4.72 Å². The van der Waals surface area contributed by atoms with Gasteiger partial charge in [0.2, 0.25) is 5.91 Å². The number of amides is 1. The number of primary amides is 1. The fourth-order valence-electron chi connectivity index (χ4n) is 2.13. The predicted octanol–water partition coefficient (Wildman–Crippen LogP) is 3.10. The third kappa shape index (κ3) is 4.10. The molecule has 0 aromatic heterocycles. The lowest BCUT2D eigenvalue weighted by atomic mass is 9.99. The zero-order valence-corrected chi connectivity index (χ0v) is 13.9. The van der Waals surface area contributed by atoms with Crippen LogP contribution in [-0.4, -0.2) is 14.3 Å². The Morgan fingerprint density at radius 3 is 2.13 bits per heavy atom. The van der Waals surface area contributed by atoms with E-state index in [0.717, 1.165) is 6.42 Å². The Bertz CT molecular complexity index is 782. The first-order chi connectivity index (χ1) is 10.8. The van der Waals surface area contributed by atoms with Crippen LogP contribution >= 0.6 is 0 Å². The molecule has 0 aliphatic heterocycles. The molecular weight excluding hydrogens is 312 g/mol. The van der Waals surface area contributed by atoms with Crippen LogP contribution in [0, 0.1) is 0 Å². The molecule has 1 amide bonds. The van der Waals surface area contributed by atoms with Crippen molar-refractivity contribution >= 4 is 21.6 Å². The minimum absolute atomic E-state index is 0.0773. The molecular formula is C17H20N2O3S. The highest BCUT2D eigenvalue weighted by atomic mass is 32.2. The third-order valence-electron chi connectivity index (χ3n) is 3.79. The minimum Gasteiger partial charge on any atom is -0.366 e. The van der Waals surface area contributed by atoms with Gasteiger partial charge in [0.05, 0.1) is 4.90 Å². The van der Waals surface area contributed by atoms with Crippen molar-refractivity contribution in [1.82, 2.24) is 0 Å². The van der Waals surface area contributed by atoms with E-state index in [0.29, 0.717) is 11.6 Å². The van der Waals surface area contributed by atoms with Crippen LogP contribution in [0.25, 0.3) is 0 Å².